The molecule has 0 bridgehead atoms. The lowest BCUT2D eigenvalue weighted by Crippen LogP contribution is -2.43. The highest BCUT2D eigenvalue weighted by Gasteiger charge is 2.32. The molecule has 3 rings (SSSR count). The van der Waals surface area contributed by atoms with Gasteiger partial charge in [0.15, 0.2) is 0 Å². The molecule has 0 saturated carbocycles. The zero-order chi connectivity index (χ0) is 14.7. The van der Waals surface area contributed by atoms with Crippen molar-refractivity contribution >= 4 is 24.3 Å². The summed E-state index contributed by atoms with van der Waals surface area (Å²) >= 11 is 0. The monoisotopic (exact) mass is 277 g/mol. The molecule has 0 aromatic heterocycles. The van der Waals surface area contributed by atoms with Crippen LogP contribution in [0.25, 0.3) is 11.5 Å². The van der Waals surface area contributed by atoms with Gasteiger partial charge in [-0.15, -0.1) is 0 Å². The molecule has 0 atom stereocenters. The van der Waals surface area contributed by atoms with Gasteiger partial charge in [-0.2, -0.15) is 0 Å². The Kier molecular flexibility index (Phi) is 4.12. The van der Waals surface area contributed by atoms with E-state index in [1.165, 1.54) is 5.56 Å². The number of rotatable bonds is 4. The van der Waals surface area contributed by atoms with Crippen LogP contribution in [-0.4, -0.2) is 18.6 Å². The first-order valence-corrected chi connectivity index (χ1v) is 7.62. The molecule has 106 valence electrons. The first-order valence-electron chi connectivity index (χ1n) is 7.62. The van der Waals surface area contributed by atoms with E-state index in [-0.39, 0.29) is 0 Å². The molecule has 0 fully saturated rings. The third-order valence-corrected chi connectivity index (χ3v) is 3.99. The quantitative estimate of drug-likeness (QED) is 0.857. The van der Waals surface area contributed by atoms with Crippen LogP contribution < -0.4 is 4.81 Å². The predicted molar refractivity (Wildman–Crippen MR) is 91.0 cm³/mol. The van der Waals surface area contributed by atoms with Crippen molar-refractivity contribution in [3.63, 3.8) is 0 Å². The number of fused-ring (bicyclic) bond motifs is 1. The Balaban J connectivity index is 2.04. The average molecular weight is 277 g/mol. The van der Waals surface area contributed by atoms with Crippen LogP contribution in [-0.2, 0) is 0 Å². The molecule has 0 amide bonds. The van der Waals surface area contributed by atoms with Crippen LogP contribution in [0, 0.1) is 0 Å². The average Bonchev–Trinajstić information content (AvgIpc) is 2.54. The van der Waals surface area contributed by atoms with Crippen LogP contribution in [0.3, 0.4) is 0 Å². The molecular formula is C18H20BNO. The van der Waals surface area contributed by atoms with Crippen molar-refractivity contribution in [1.29, 1.82) is 0 Å². The van der Waals surface area contributed by atoms with Gasteiger partial charge in [-0.05, 0) is 29.1 Å². The molecule has 0 radical (unpaired) electrons. The number of unbranched alkanes of at least 4 members (excludes halogenated alkanes) is 1. The summed E-state index contributed by atoms with van der Waals surface area (Å²) in [5, 5.41) is 10.8. The molecular weight excluding hydrogens is 257 g/mol. The van der Waals surface area contributed by atoms with E-state index in [2.05, 4.69) is 42.1 Å². The highest BCUT2D eigenvalue weighted by Crippen LogP contribution is 2.34. The minimum Gasteiger partial charge on any atom is -0.428 e. The number of hydrogen-bond donors (Lipinski definition) is 1. The van der Waals surface area contributed by atoms with Crippen LogP contribution in [0.5, 0.6) is 0 Å². The van der Waals surface area contributed by atoms with Crippen LogP contribution in [0.1, 0.15) is 30.9 Å². The maximum Gasteiger partial charge on any atom is 0.449 e. The van der Waals surface area contributed by atoms with Gasteiger partial charge < -0.3 is 9.83 Å². The van der Waals surface area contributed by atoms with Gasteiger partial charge in [0, 0.05) is 12.2 Å². The summed E-state index contributed by atoms with van der Waals surface area (Å²) in [7, 11) is -0.575. The number of nitrogens with zero attached hydrogens (tertiary/aromatic N) is 1. The normalized spacial score (nSPS) is 13.9. The van der Waals surface area contributed by atoms with E-state index < -0.39 is 7.05 Å². The Bertz CT molecular complexity index is 639. The fourth-order valence-electron chi connectivity index (χ4n) is 2.85. The Morgan fingerprint density at radius 2 is 1.71 bits per heavy atom. The van der Waals surface area contributed by atoms with Gasteiger partial charge in [-0.1, -0.05) is 68.0 Å². The molecule has 1 heterocycles. The molecule has 0 saturated heterocycles. The van der Waals surface area contributed by atoms with Crippen LogP contribution in [0.4, 0.5) is 5.69 Å². The lowest BCUT2D eigenvalue weighted by molar-refractivity contribution is 0.574. The van der Waals surface area contributed by atoms with E-state index in [1.807, 2.05) is 30.3 Å². The SMILES string of the molecule is CCCCN1B(O)C(c2ccccc2)=Cc2ccccc21. The molecule has 2 nitrogen and oxygen atoms in total. The first-order chi connectivity index (χ1) is 10.3. The van der Waals surface area contributed by atoms with Gasteiger partial charge in [-0.25, -0.2) is 0 Å². The van der Waals surface area contributed by atoms with Crippen molar-refractivity contribution in [2.24, 2.45) is 0 Å². The Labute approximate surface area is 126 Å². The first kappa shape index (κ1) is 14.0. The van der Waals surface area contributed by atoms with Gasteiger partial charge >= 0.3 is 7.05 Å². The van der Waals surface area contributed by atoms with Gasteiger partial charge in [-0.3, -0.25) is 0 Å². The topological polar surface area (TPSA) is 23.5 Å². The van der Waals surface area contributed by atoms with Crippen LogP contribution >= 0.6 is 0 Å². The zero-order valence-corrected chi connectivity index (χ0v) is 12.4. The molecule has 0 unspecified atom stereocenters. The molecule has 2 aromatic carbocycles. The predicted octanol–water partition coefficient (Wildman–Crippen LogP) is 3.87. The second-order valence-electron chi connectivity index (χ2n) is 5.45. The lowest BCUT2D eigenvalue weighted by atomic mass is 9.64. The van der Waals surface area contributed by atoms with Crippen molar-refractivity contribution in [2.75, 3.05) is 11.4 Å². The van der Waals surface area contributed by atoms with Gasteiger partial charge in [0.1, 0.15) is 0 Å². The highest BCUT2D eigenvalue weighted by molar-refractivity contribution is 6.78. The van der Waals surface area contributed by atoms with Crippen LogP contribution in [0.15, 0.2) is 54.6 Å². The van der Waals surface area contributed by atoms with Crippen molar-refractivity contribution in [3.8, 4) is 0 Å². The van der Waals surface area contributed by atoms with Gasteiger partial charge in [0.25, 0.3) is 0 Å². The molecule has 1 N–H and O–H groups in total. The van der Waals surface area contributed by atoms with E-state index in [0.29, 0.717) is 0 Å². The zero-order valence-electron chi connectivity index (χ0n) is 12.4. The van der Waals surface area contributed by atoms with E-state index in [0.717, 1.165) is 36.1 Å². The Morgan fingerprint density at radius 1 is 1.00 bits per heavy atom. The molecule has 0 aliphatic carbocycles. The second kappa shape index (κ2) is 6.19. The van der Waals surface area contributed by atoms with Gasteiger partial charge in [0.2, 0.25) is 0 Å². The lowest BCUT2D eigenvalue weighted by Gasteiger charge is -2.34. The highest BCUT2D eigenvalue weighted by atomic mass is 16.2. The molecule has 0 spiro atoms. The standard InChI is InChI=1S/C18H20BNO/c1-2-3-13-20-18-12-8-7-11-16(18)14-17(19(20)21)15-9-5-4-6-10-15/h4-12,14,21H,2-3,13H2,1H3. The van der Waals surface area contributed by atoms with Crippen molar-refractivity contribution in [3.05, 3.63) is 65.7 Å². The smallest absolute Gasteiger partial charge is 0.428 e. The summed E-state index contributed by atoms with van der Waals surface area (Å²) in [6.45, 7) is 3.05. The summed E-state index contributed by atoms with van der Waals surface area (Å²) in [6.07, 6.45) is 4.31. The van der Waals surface area contributed by atoms with Crippen molar-refractivity contribution in [1.82, 2.24) is 0 Å². The second-order valence-corrected chi connectivity index (χ2v) is 5.45. The largest absolute Gasteiger partial charge is 0.449 e. The minimum atomic E-state index is -0.575. The fourth-order valence-corrected chi connectivity index (χ4v) is 2.85. The summed E-state index contributed by atoms with van der Waals surface area (Å²) in [5.41, 5.74) is 4.36. The Hall–Kier alpha value is -2.00. The maximum atomic E-state index is 10.8. The molecule has 2 aromatic rings. The van der Waals surface area contributed by atoms with Gasteiger partial charge in [0.05, 0.1) is 0 Å². The number of benzene rings is 2. The summed E-state index contributed by atoms with van der Waals surface area (Å²) in [6, 6.07) is 18.4. The van der Waals surface area contributed by atoms with E-state index in [4.69, 9.17) is 0 Å². The third kappa shape index (κ3) is 2.74. The van der Waals surface area contributed by atoms with E-state index in [1.54, 1.807) is 0 Å². The number of hydrogen-bond acceptors (Lipinski definition) is 2. The molecule has 1 aliphatic heterocycles. The van der Waals surface area contributed by atoms with E-state index in [9.17, 15) is 5.02 Å². The number of anilines is 1. The minimum absolute atomic E-state index is 0.575. The summed E-state index contributed by atoms with van der Waals surface area (Å²) in [5.74, 6) is 0. The summed E-state index contributed by atoms with van der Waals surface area (Å²) in [4.78, 5) is 2.11. The fraction of sp³-hybridized carbons (Fsp3) is 0.222. The van der Waals surface area contributed by atoms with E-state index >= 15 is 0 Å². The van der Waals surface area contributed by atoms with Crippen molar-refractivity contribution < 1.29 is 5.02 Å². The van der Waals surface area contributed by atoms with Crippen molar-refractivity contribution in [2.45, 2.75) is 19.8 Å². The Morgan fingerprint density at radius 3 is 2.48 bits per heavy atom. The molecule has 21 heavy (non-hydrogen) atoms. The third-order valence-electron chi connectivity index (χ3n) is 3.99. The number of para-hydroxylation sites is 1. The maximum absolute atomic E-state index is 10.8. The summed E-state index contributed by atoms with van der Waals surface area (Å²) < 4.78 is 0. The van der Waals surface area contributed by atoms with Crippen LogP contribution in [0.2, 0.25) is 0 Å². The molecule has 3 heteroatoms. The molecule has 1 aliphatic rings.